The Balaban J connectivity index is 1.83. The number of nitrogens with zero attached hydrogens (tertiary/aromatic N) is 2. The molecule has 124 valence electrons. The van der Waals surface area contributed by atoms with Gasteiger partial charge in [0.2, 0.25) is 0 Å². The fourth-order valence-corrected chi connectivity index (χ4v) is 3.12. The van der Waals surface area contributed by atoms with E-state index >= 15 is 0 Å². The summed E-state index contributed by atoms with van der Waals surface area (Å²) in [6.45, 7) is 0. The molecule has 0 bridgehead atoms. The normalized spacial score (nSPS) is 16.8. The Morgan fingerprint density at radius 3 is 2.12 bits per heavy atom. The summed E-state index contributed by atoms with van der Waals surface area (Å²) >= 11 is 6.13. The Morgan fingerprint density at radius 1 is 0.800 bits per heavy atom. The van der Waals surface area contributed by atoms with E-state index in [0.29, 0.717) is 10.7 Å². The van der Waals surface area contributed by atoms with Gasteiger partial charge in [0.25, 0.3) is 0 Å². The maximum Gasteiger partial charge on any atom is 0.440 e. The van der Waals surface area contributed by atoms with Crippen molar-refractivity contribution in [1.29, 1.82) is 0 Å². The van der Waals surface area contributed by atoms with Gasteiger partial charge in [-0.05, 0) is 35.9 Å². The molecule has 0 radical (unpaired) electrons. The van der Waals surface area contributed by atoms with Crippen molar-refractivity contribution in [3.05, 3.63) is 95.5 Å². The van der Waals surface area contributed by atoms with Gasteiger partial charge < -0.3 is 4.84 Å². The zero-order valence-electron chi connectivity index (χ0n) is 13.2. The van der Waals surface area contributed by atoms with Crippen LogP contribution in [0.5, 0.6) is 0 Å². The van der Waals surface area contributed by atoms with Crippen LogP contribution in [0.3, 0.4) is 0 Å². The Bertz CT molecular complexity index is 886. The van der Waals surface area contributed by atoms with Gasteiger partial charge in [-0.25, -0.2) is 9.69 Å². The predicted molar refractivity (Wildman–Crippen MR) is 98.5 cm³/mol. The summed E-state index contributed by atoms with van der Waals surface area (Å²) in [4.78, 5) is 19.9. The quantitative estimate of drug-likeness (QED) is 0.632. The molecular formula is C20H15ClN2O2. The summed E-state index contributed by atoms with van der Waals surface area (Å²) in [7, 11) is 0. The number of hydrogen-bond acceptors (Lipinski definition) is 3. The number of amides is 1. The lowest BCUT2D eigenvalue weighted by Crippen LogP contribution is -2.31. The highest BCUT2D eigenvalue weighted by Crippen LogP contribution is 2.39. The molecule has 0 unspecified atom stereocenters. The molecule has 0 aromatic heterocycles. The van der Waals surface area contributed by atoms with Gasteiger partial charge in [0.05, 0.1) is 11.4 Å². The minimum Gasteiger partial charge on any atom is -0.319 e. The highest BCUT2D eigenvalue weighted by Gasteiger charge is 2.42. The maximum atomic E-state index is 12.7. The molecule has 0 aliphatic carbocycles. The number of carbonyl (C=O) groups is 1. The van der Waals surface area contributed by atoms with Gasteiger partial charge in [0.1, 0.15) is 0 Å². The molecule has 1 amide bonds. The van der Waals surface area contributed by atoms with E-state index in [1.807, 2.05) is 72.8 Å². The predicted octanol–water partition coefficient (Wildman–Crippen LogP) is 5.42. The molecule has 4 nitrogen and oxygen atoms in total. The third-order valence-electron chi connectivity index (χ3n) is 4.03. The number of carbonyl (C=O) groups excluding carboxylic acids is 1. The molecule has 0 saturated carbocycles. The monoisotopic (exact) mass is 350 g/mol. The minimum absolute atomic E-state index is 0.422. The lowest BCUT2D eigenvalue weighted by molar-refractivity contribution is 0.164. The summed E-state index contributed by atoms with van der Waals surface area (Å²) in [5.41, 5.74) is 2.43. The Labute approximate surface area is 150 Å². The highest BCUT2D eigenvalue weighted by molar-refractivity contribution is 6.30. The van der Waals surface area contributed by atoms with Gasteiger partial charge in [0, 0.05) is 5.02 Å². The summed E-state index contributed by atoms with van der Waals surface area (Å²) in [5.74, 6) is 0. The van der Waals surface area contributed by atoms with Crippen molar-refractivity contribution in [2.24, 2.45) is 0 Å². The second kappa shape index (κ2) is 6.49. The topological polar surface area (TPSA) is 32.8 Å². The number of halogens is 1. The first-order valence-electron chi connectivity index (χ1n) is 7.90. The van der Waals surface area contributed by atoms with Crippen LogP contribution in [0.15, 0.2) is 84.9 Å². The average molecular weight is 351 g/mol. The first-order valence-corrected chi connectivity index (χ1v) is 8.28. The van der Waals surface area contributed by atoms with E-state index in [1.54, 1.807) is 22.1 Å². The first-order chi connectivity index (χ1) is 12.2. The molecule has 4 rings (SSSR count). The molecule has 1 saturated heterocycles. The first kappa shape index (κ1) is 15.5. The van der Waals surface area contributed by atoms with Crippen molar-refractivity contribution >= 4 is 29.1 Å². The zero-order valence-corrected chi connectivity index (χ0v) is 14.0. The van der Waals surface area contributed by atoms with Crippen LogP contribution in [0.2, 0.25) is 5.02 Å². The van der Waals surface area contributed by atoms with Crippen LogP contribution in [-0.4, -0.2) is 6.09 Å². The van der Waals surface area contributed by atoms with Gasteiger partial charge in [0.15, 0.2) is 6.17 Å². The van der Waals surface area contributed by atoms with Crippen molar-refractivity contribution in [3.8, 4) is 0 Å². The smallest absolute Gasteiger partial charge is 0.319 e. The molecule has 3 aromatic carbocycles. The second-order valence-corrected chi connectivity index (χ2v) is 6.09. The molecule has 25 heavy (non-hydrogen) atoms. The fraction of sp³-hybridized carbons (Fsp3) is 0.0500. The fourth-order valence-electron chi connectivity index (χ4n) is 2.93. The summed E-state index contributed by atoms with van der Waals surface area (Å²) in [6, 6.07) is 26.5. The number of hydroxylamine groups is 1. The van der Waals surface area contributed by atoms with Crippen LogP contribution in [0.4, 0.5) is 16.2 Å². The lowest BCUT2D eigenvalue weighted by Gasteiger charge is -2.27. The van der Waals surface area contributed by atoms with Gasteiger partial charge in [-0.15, -0.1) is 0 Å². The van der Waals surface area contributed by atoms with E-state index < -0.39 is 12.3 Å². The molecule has 1 heterocycles. The van der Waals surface area contributed by atoms with Crippen molar-refractivity contribution < 1.29 is 9.63 Å². The molecule has 1 aliphatic rings. The molecule has 0 spiro atoms. The van der Waals surface area contributed by atoms with Crippen LogP contribution < -0.4 is 9.96 Å². The number of rotatable bonds is 3. The largest absolute Gasteiger partial charge is 0.440 e. The van der Waals surface area contributed by atoms with Crippen molar-refractivity contribution in [2.75, 3.05) is 9.96 Å². The summed E-state index contributed by atoms with van der Waals surface area (Å²) in [6.07, 6.45) is -0.866. The third-order valence-corrected chi connectivity index (χ3v) is 4.27. The SMILES string of the molecule is O=C1ON(c2ccccc2)[C@H](c2ccccc2)N1c1cccc(Cl)c1. The molecule has 1 atom stereocenters. The van der Waals surface area contributed by atoms with Crippen LogP contribution in [0, 0.1) is 0 Å². The Morgan fingerprint density at radius 2 is 1.44 bits per heavy atom. The van der Waals surface area contributed by atoms with Crippen molar-refractivity contribution in [2.45, 2.75) is 6.17 Å². The number of para-hydroxylation sites is 1. The number of hydrogen-bond donors (Lipinski definition) is 0. The van der Waals surface area contributed by atoms with E-state index in [-0.39, 0.29) is 0 Å². The molecule has 3 aromatic rings. The van der Waals surface area contributed by atoms with Gasteiger partial charge in [-0.3, -0.25) is 0 Å². The van der Waals surface area contributed by atoms with E-state index in [2.05, 4.69) is 0 Å². The van der Waals surface area contributed by atoms with E-state index in [4.69, 9.17) is 16.4 Å². The van der Waals surface area contributed by atoms with Gasteiger partial charge in [-0.1, -0.05) is 66.2 Å². The minimum atomic E-state index is -0.444. The third kappa shape index (κ3) is 2.92. The average Bonchev–Trinajstić information content (AvgIpc) is 3.00. The molecule has 1 aliphatic heterocycles. The van der Waals surface area contributed by atoms with Crippen LogP contribution >= 0.6 is 11.6 Å². The molecule has 0 N–H and O–H groups in total. The van der Waals surface area contributed by atoms with Gasteiger partial charge in [-0.2, -0.15) is 5.06 Å². The number of anilines is 2. The molecular weight excluding hydrogens is 336 g/mol. The summed E-state index contributed by atoms with van der Waals surface area (Å²) < 4.78 is 0. The maximum absolute atomic E-state index is 12.7. The zero-order chi connectivity index (χ0) is 17.2. The van der Waals surface area contributed by atoms with E-state index in [1.165, 1.54) is 0 Å². The standard InChI is InChI=1S/C20H15ClN2O2/c21-16-10-7-13-18(14-16)22-19(15-8-3-1-4-9-15)23(25-20(22)24)17-11-5-2-6-12-17/h1-14,19H/t19-/m1/s1. The molecule has 1 fully saturated rings. The van der Waals surface area contributed by atoms with Gasteiger partial charge >= 0.3 is 6.09 Å². The van der Waals surface area contributed by atoms with Crippen LogP contribution in [0.1, 0.15) is 11.7 Å². The highest BCUT2D eigenvalue weighted by atomic mass is 35.5. The Kier molecular flexibility index (Phi) is 4.04. The van der Waals surface area contributed by atoms with E-state index in [0.717, 1.165) is 11.3 Å². The lowest BCUT2D eigenvalue weighted by atomic mass is 10.1. The van der Waals surface area contributed by atoms with Crippen LogP contribution in [0.25, 0.3) is 0 Å². The number of benzene rings is 3. The van der Waals surface area contributed by atoms with Crippen molar-refractivity contribution in [1.82, 2.24) is 0 Å². The molecule has 5 heteroatoms. The summed E-state index contributed by atoms with van der Waals surface area (Å²) in [5, 5.41) is 2.19. The van der Waals surface area contributed by atoms with Crippen LogP contribution in [-0.2, 0) is 4.84 Å². The van der Waals surface area contributed by atoms with E-state index in [9.17, 15) is 4.79 Å². The Hall–Kier alpha value is -2.98. The van der Waals surface area contributed by atoms with Crippen molar-refractivity contribution in [3.63, 3.8) is 0 Å². The second-order valence-electron chi connectivity index (χ2n) is 5.65.